The minimum atomic E-state index is -0.516. The Morgan fingerprint density at radius 3 is 2.07 bits per heavy atom. The lowest BCUT2D eigenvalue weighted by Gasteiger charge is -2.14. The molecule has 27 heavy (non-hydrogen) atoms. The van der Waals surface area contributed by atoms with Crippen LogP contribution in [0.4, 0.5) is 17.1 Å². The normalized spacial score (nSPS) is 14.0. The van der Waals surface area contributed by atoms with Gasteiger partial charge < -0.3 is 10.2 Å². The standard InChI is InChI=1S/C19H18N4O4/c1-21(2)14-10-6-13(7-11-14)20-17-16(18(24)22(3)19(17)25)12-4-8-15(9-5-12)23(26)27/h4-11,20H,1-3H3. The summed E-state index contributed by atoms with van der Waals surface area (Å²) >= 11 is 0. The van der Waals surface area contributed by atoms with Crippen LogP contribution in [0.15, 0.2) is 54.2 Å². The first-order chi connectivity index (χ1) is 12.8. The van der Waals surface area contributed by atoms with Crippen LogP contribution in [0.5, 0.6) is 0 Å². The molecule has 1 heterocycles. The van der Waals surface area contributed by atoms with Gasteiger partial charge in [0.1, 0.15) is 5.70 Å². The van der Waals surface area contributed by atoms with Gasteiger partial charge in [-0.2, -0.15) is 0 Å². The highest BCUT2D eigenvalue weighted by molar-refractivity contribution is 6.36. The predicted octanol–water partition coefficient (Wildman–Crippen LogP) is 2.48. The highest BCUT2D eigenvalue weighted by Gasteiger charge is 2.36. The van der Waals surface area contributed by atoms with Gasteiger partial charge in [-0.15, -0.1) is 0 Å². The number of rotatable bonds is 5. The Hall–Kier alpha value is -3.68. The molecule has 0 bridgehead atoms. The fraction of sp³-hybridized carbons (Fsp3) is 0.158. The molecule has 0 radical (unpaired) electrons. The van der Waals surface area contributed by atoms with E-state index < -0.39 is 16.7 Å². The molecule has 1 N–H and O–H groups in total. The van der Waals surface area contributed by atoms with Crippen LogP contribution in [0, 0.1) is 10.1 Å². The number of hydrogen-bond donors (Lipinski definition) is 1. The van der Waals surface area contributed by atoms with E-state index in [-0.39, 0.29) is 17.0 Å². The summed E-state index contributed by atoms with van der Waals surface area (Å²) in [6.07, 6.45) is 0. The lowest BCUT2D eigenvalue weighted by Crippen LogP contribution is -2.27. The summed E-state index contributed by atoms with van der Waals surface area (Å²) < 4.78 is 0. The molecular formula is C19H18N4O4. The van der Waals surface area contributed by atoms with Crippen molar-refractivity contribution in [1.82, 2.24) is 4.90 Å². The quantitative estimate of drug-likeness (QED) is 0.496. The first-order valence-corrected chi connectivity index (χ1v) is 8.15. The van der Waals surface area contributed by atoms with Crippen LogP contribution in [0.25, 0.3) is 5.57 Å². The summed E-state index contributed by atoms with van der Waals surface area (Å²) in [5, 5.41) is 13.9. The zero-order valence-electron chi connectivity index (χ0n) is 15.1. The second kappa shape index (κ2) is 6.91. The minimum absolute atomic E-state index is 0.0849. The molecule has 2 aromatic carbocycles. The predicted molar refractivity (Wildman–Crippen MR) is 102 cm³/mol. The van der Waals surface area contributed by atoms with E-state index in [1.54, 1.807) is 0 Å². The van der Waals surface area contributed by atoms with Gasteiger partial charge in [-0.05, 0) is 42.0 Å². The molecule has 8 heteroatoms. The zero-order chi connectivity index (χ0) is 19.7. The number of hydrogen-bond acceptors (Lipinski definition) is 6. The fourth-order valence-corrected chi connectivity index (χ4v) is 2.76. The van der Waals surface area contributed by atoms with Crippen molar-refractivity contribution in [1.29, 1.82) is 0 Å². The van der Waals surface area contributed by atoms with Crippen molar-refractivity contribution in [3.05, 3.63) is 69.9 Å². The van der Waals surface area contributed by atoms with Crippen LogP contribution >= 0.6 is 0 Å². The van der Waals surface area contributed by atoms with E-state index in [4.69, 9.17) is 0 Å². The van der Waals surface area contributed by atoms with Crippen LogP contribution in [0.2, 0.25) is 0 Å². The second-order valence-corrected chi connectivity index (χ2v) is 6.29. The molecule has 8 nitrogen and oxygen atoms in total. The van der Waals surface area contributed by atoms with Crippen molar-refractivity contribution in [2.24, 2.45) is 0 Å². The Morgan fingerprint density at radius 2 is 1.56 bits per heavy atom. The monoisotopic (exact) mass is 366 g/mol. The molecule has 138 valence electrons. The van der Waals surface area contributed by atoms with Crippen molar-refractivity contribution in [3.8, 4) is 0 Å². The number of carbonyl (C=O) groups excluding carboxylic acids is 2. The Balaban J connectivity index is 2.00. The van der Waals surface area contributed by atoms with Crippen LogP contribution in [0.3, 0.4) is 0 Å². The van der Waals surface area contributed by atoms with Gasteiger partial charge in [0.25, 0.3) is 17.5 Å². The maximum absolute atomic E-state index is 12.5. The molecule has 0 saturated carbocycles. The van der Waals surface area contributed by atoms with Crippen molar-refractivity contribution >= 4 is 34.4 Å². The number of amides is 2. The van der Waals surface area contributed by atoms with Gasteiger partial charge in [-0.3, -0.25) is 24.6 Å². The lowest BCUT2D eigenvalue weighted by atomic mass is 10.0. The summed E-state index contributed by atoms with van der Waals surface area (Å²) in [4.78, 5) is 38.4. The number of nitro groups is 1. The smallest absolute Gasteiger partial charge is 0.277 e. The number of non-ortho nitro benzene ring substituents is 1. The SMILES string of the molecule is CN1C(=O)C(Nc2ccc(N(C)C)cc2)=C(c2ccc([N+](=O)[O-])cc2)C1=O. The maximum atomic E-state index is 12.5. The Labute approximate surface area is 155 Å². The van der Waals surface area contributed by atoms with Gasteiger partial charge in [0.2, 0.25) is 0 Å². The molecule has 0 unspecified atom stereocenters. The van der Waals surface area contributed by atoms with Crippen LogP contribution in [-0.4, -0.2) is 42.8 Å². The molecule has 1 aliphatic rings. The molecule has 0 aromatic heterocycles. The minimum Gasteiger partial charge on any atom is -0.378 e. The van der Waals surface area contributed by atoms with Crippen LogP contribution in [0.1, 0.15) is 5.56 Å². The Bertz CT molecular complexity index is 947. The third-order valence-electron chi connectivity index (χ3n) is 4.31. The molecule has 3 rings (SSSR count). The lowest BCUT2D eigenvalue weighted by molar-refractivity contribution is -0.384. The number of likely N-dealkylation sites (N-methyl/N-ethyl adjacent to an activating group) is 1. The molecule has 2 amide bonds. The van der Waals surface area contributed by atoms with Gasteiger partial charge in [-0.25, -0.2) is 0 Å². The van der Waals surface area contributed by atoms with E-state index in [0.717, 1.165) is 10.6 Å². The molecule has 0 aliphatic carbocycles. The van der Waals surface area contributed by atoms with E-state index in [2.05, 4.69) is 5.32 Å². The summed E-state index contributed by atoms with van der Waals surface area (Å²) in [7, 11) is 5.25. The largest absolute Gasteiger partial charge is 0.378 e. The van der Waals surface area contributed by atoms with E-state index in [0.29, 0.717) is 11.3 Å². The Morgan fingerprint density at radius 1 is 0.963 bits per heavy atom. The molecule has 0 atom stereocenters. The Kier molecular flexibility index (Phi) is 4.64. The average Bonchev–Trinajstić information content (AvgIpc) is 2.86. The summed E-state index contributed by atoms with van der Waals surface area (Å²) in [5.74, 6) is -0.911. The number of anilines is 2. The number of nitrogens with zero attached hydrogens (tertiary/aromatic N) is 3. The number of carbonyl (C=O) groups is 2. The first-order valence-electron chi connectivity index (χ1n) is 8.15. The summed E-state index contributed by atoms with van der Waals surface area (Å²) in [5.41, 5.74) is 2.35. The molecule has 0 saturated heterocycles. The fourth-order valence-electron chi connectivity index (χ4n) is 2.76. The van der Waals surface area contributed by atoms with Gasteiger partial charge >= 0.3 is 0 Å². The van der Waals surface area contributed by atoms with Crippen molar-refractivity contribution in [3.63, 3.8) is 0 Å². The van der Waals surface area contributed by atoms with Crippen LogP contribution in [-0.2, 0) is 9.59 Å². The molecular weight excluding hydrogens is 348 g/mol. The third-order valence-corrected chi connectivity index (χ3v) is 4.31. The van der Waals surface area contributed by atoms with E-state index in [9.17, 15) is 19.7 Å². The highest BCUT2D eigenvalue weighted by atomic mass is 16.6. The third kappa shape index (κ3) is 3.37. The second-order valence-electron chi connectivity index (χ2n) is 6.29. The molecule has 0 spiro atoms. The van der Waals surface area contributed by atoms with E-state index in [1.807, 2.05) is 43.3 Å². The summed E-state index contributed by atoms with van der Waals surface area (Å²) in [6.45, 7) is 0. The molecule has 0 fully saturated rings. The number of imide groups is 1. The van der Waals surface area contributed by atoms with Gasteiger partial charge in [-0.1, -0.05) is 0 Å². The van der Waals surface area contributed by atoms with Crippen molar-refractivity contribution < 1.29 is 14.5 Å². The molecule has 2 aromatic rings. The number of benzene rings is 2. The van der Waals surface area contributed by atoms with Gasteiger partial charge in [0.05, 0.1) is 10.5 Å². The summed E-state index contributed by atoms with van der Waals surface area (Å²) in [6, 6.07) is 12.9. The maximum Gasteiger partial charge on any atom is 0.277 e. The average molecular weight is 366 g/mol. The van der Waals surface area contributed by atoms with E-state index >= 15 is 0 Å². The van der Waals surface area contributed by atoms with E-state index in [1.165, 1.54) is 31.3 Å². The highest BCUT2D eigenvalue weighted by Crippen LogP contribution is 2.30. The van der Waals surface area contributed by atoms with Crippen molar-refractivity contribution in [2.75, 3.05) is 31.4 Å². The topological polar surface area (TPSA) is 95.8 Å². The zero-order valence-corrected chi connectivity index (χ0v) is 15.1. The van der Waals surface area contributed by atoms with Gasteiger partial charge in [0, 0.05) is 44.7 Å². The number of nitrogens with one attached hydrogen (secondary N) is 1. The number of nitro benzene ring substituents is 1. The van der Waals surface area contributed by atoms with Gasteiger partial charge in [0.15, 0.2) is 0 Å². The van der Waals surface area contributed by atoms with Crippen LogP contribution < -0.4 is 10.2 Å². The van der Waals surface area contributed by atoms with Crippen molar-refractivity contribution in [2.45, 2.75) is 0 Å². The molecule has 1 aliphatic heterocycles. The first kappa shape index (κ1) is 18.1.